The number of nitrogens with zero attached hydrogens (tertiary/aromatic N) is 3. The predicted octanol–water partition coefficient (Wildman–Crippen LogP) is -0.0631. The van der Waals surface area contributed by atoms with Crippen LogP contribution in [-0.4, -0.2) is 79.1 Å². The Bertz CT molecular complexity index is 1190. The highest BCUT2D eigenvalue weighted by Crippen LogP contribution is 2.21. The van der Waals surface area contributed by atoms with Crippen molar-refractivity contribution in [2.45, 2.75) is 37.2 Å². The maximum atomic E-state index is 12.7. The third-order valence-corrected chi connectivity index (χ3v) is 8.74. The van der Waals surface area contributed by atoms with E-state index in [9.17, 15) is 26.4 Å². The van der Waals surface area contributed by atoms with Crippen LogP contribution in [0.1, 0.15) is 20.3 Å². The third kappa shape index (κ3) is 5.37. The summed E-state index contributed by atoms with van der Waals surface area (Å²) >= 11 is 0.871. The van der Waals surface area contributed by atoms with E-state index in [4.69, 9.17) is 4.74 Å². The number of fused-ring (bicyclic) bond motifs is 1. The Hall–Kier alpha value is -2.16. The van der Waals surface area contributed by atoms with Gasteiger partial charge in [0.1, 0.15) is 22.0 Å². The molecule has 170 valence electrons. The van der Waals surface area contributed by atoms with E-state index >= 15 is 0 Å². The molecule has 0 bridgehead atoms. The lowest BCUT2D eigenvalue weighted by Gasteiger charge is -2.26. The topological polar surface area (TPSA) is 153 Å². The molecule has 2 aromatic rings. The molecule has 1 saturated heterocycles. The van der Waals surface area contributed by atoms with Crippen LogP contribution in [0.2, 0.25) is 0 Å². The number of aromatic nitrogens is 2. The highest BCUT2D eigenvalue weighted by Gasteiger charge is 2.34. The largest absolute Gasteiger partial charge is 0.454 e. The number of nitrogens with one attached hydrogen (secondary N) is 1. The van der Waals surface area contributed by atoms with Crippen molar-refractivity contribution in [3.8, 4) is 0 Å². The molecule has 14 heteroatoms. The Labute approximate surface area is 184 Å². The molecule has 2 heterocycles. The molecule has 11 nitrogen and oxygen atoms in total. The molecule has 31 heavy (non-hydrogen) atoms. The highest BCUT2D eigenvalue weighted by molar-refractivity contribution is 7.91. The van der Waals surface area contributed by atoms with Gasteiger partial charge in [-0.2, -0.15) is 13.5 Å². The first-order valence-corrected chi connectivity index (χ1v) is 13.5. The lowest BCUT2D eigenvalue weighted by atomic mass is 10.2. The van der Waals surface area contributed by atoms with Gasteiger partial charge in [-0.25, -0.2) is 16.8 Å². The van der Waals surface area contributed by atoms with Crippen LogP contribution in [0.3, 0.4) is 0 Å². The summed E-state index contributed by atoms with van der Waals surface area (Å²) in [6, 6.07) is 2.77. The molecule has 1 aromatic heterocycles. The van der Waals surface area contributed by atoms with Gasteiger partial charge < -0.3 is 9.64 Å². The molecular formula is C17H22N4O7S3. The van der Waals surface area contributed by atoms with Crippen LogP contribution in [0.5, 0.6) is 0 Å². The number of amides is 1. The van der Waals surface area contributed by atoms with Crippen LogP contribution in [0.4, 0.5) is 0 Å². The Morgan fingerprint density at radius 1 is 1.35 bits per heavy atom. The Morgan fingerprint density at radius 3 is 2.74 bits per heavy atom. The van der Waals surface area contributed by atoms with Gasteiger partial charge in [0, 0.05) is 12.6 Å². The number of sulfonamides is 1. The van der Waals surface area contributed by atoms with Crippen molar-refractivity contribution in [2.75, 3.05) is 24.7 Å². The van der Waals surface area contributed by atoms with Crippen LogP contribution in [0, 0.1) is 0 Å². The number of carbonyl (C=O) groups excluding carboxylic acids is 2. The molecule has 1 amide bonds. The first-order chi connectivity index (χ1) is 14.5. The van der Waals surface area contributed by atoms with Crippen molar-refractivity contribution in [3.05, 3.63) is 18.2 Å². The zero-order chi connectivity index (χ0) is 22.8. The summed E-state index contributed by atoms with van der Waals surface area (Å²) in [6.45, 7) is 2.66. The quantitative estimate of drug-likeness (QED) is 0.501. The number of hydrogen-bond acceptors (Lipinski definition) is 10. The summed E-state index contributed by atoms with van der Waals surface area (Å²) in [4.78, 5) is 25.9. The molecule has 1 N–H and O–H groups in total. The van der Waals surface area contributed by atoms with Crippen LogP contribution >= 0.6 is 11.7 Å². The molecule has 1 unspecified atom stereocenters. The summed E-state index contributed by atoms with van der Waals surface area (Å²) in [5, 5.41) is 0. The maximum absolute atomic E-state index is 12.7. The average molecular weight is 491 g/mol. The standard InChI is InChI=1S/C17H22N4O7S3/c1-3-21(12-7-8-30(24,25)10-12)15(22)9-28-17(23)11(2)20-31(26,27)14-6-4-5-13-16(14)19-29-18-13/h4-6,11-12,20H,3,7-10H2,1-2H3/t11-,12?/m0/s1. The summed E-state index contributed by atoms with van der Waals surface area (Å²) < 4.78 is 63.8. The van der Waals surface area contributed by atoms with Gasteiger partial charge >= 0.3 is 5.97 Å². The molecule has 1 aliphatic heterocycles. The number of rotatable bonds is 8. The van der Waals surface area contributed by atoms with E-state index in [0.29, 0.717) is 11.9 Å². The van der Waals surface area contributed by atoms with Gasteiger partial charge in [0.2, 0.25) is 10.0 Å². The van der Waals surface area contributed by atoms with E-state index in [-0.39, 0.29) is 28.5 Å². The van der Waals surface area contributed by atoms with Crippen molar-refractivity contribution in [1.82, 2.24) is 18.4 Å². The second-order valence-electron chi connectivity index (χ2n) is 7.08. The van der Waals surface area contributed by atoms with Gasteiger partial charge in [0.05, 0.1) is 23.2 Å². The molecule has 3 rings (SSSR count). The van der Waals surface area contributed by atoms with E-state index in [0.717, 1.165) is 11.7 Å². The number of ether oxygens (including phenoxy) is 1. The van der Waals surface area contributed by atoms with Crippen LogP contribution in [0.25, 0.3) is 11.0 Å². The minimum atomic E-state index is -4.10. The fourth-order valence-electron chi connectivity index (χ4n) is 3.34. The van der Waals surface area contributed by atoms with E-state index < -0.39 is 50.4 Å². The van der Waals surface area contributed by atoms with Crippen LogP contribution < -0.4 is 4.72 Å². The third-order valence-electron chi connectivity index (χ3n) is 4.87. The van der Waals surface area contributed by atoms with Gasteiger partial charge in [0.15, 0.2) is 16.4 Å². The molecule has 0 radical (unpaired) electrons. The fraction of sp³-hybridized carbons (Fsp3) is 0.529. The van der Waals surface area contributed by atoms with Crippen LogP contribution in [-0.2, 0) is 34.2 Å². The summed E-state index contributed by atoms with van der Waals surface area (Å²) in [6.07, 6.45) is 0.336. The monoisotopic (exact) mass is 490 g/mol. The van der Waals surface area contributed by atoms with E-state index in [1.54, 1.807) is 13.0 Å². The zero-order valence-corrected chi connectivity index (χ0v) is 19.3. The lowest BCUT2D eigenvalue weighted by Crippen LogP contribution is -2.45. The van der Waals surface area contributed by atoms with Crippen molar-refractivity contribution < 1.29 is 31.2 Å². The molecule has 0 aliphatic carbocycles. The first-order valence-electron chi connectivity index (χ1n) is 9.44. The summed E-state index contributed by atoms with van der Waals surface area (Å²) in [7, 11) is -7.27. The van der Waals surface area contributed by atoms with Gasteiger partial charge in [-0.05, 0) is 32.4 Å². The molecule has 1 aliphatic rings. The number of esters is 1. The van der Waals surface area contributed by atoms with Gasteiger partial charge in [-0.3, -0.25) is 9.59 Å². The highest BCUT2D eigenvalue weighted by atomic mass is 32.2. The van der Waals surface area contributed by atoms with Gasteiger partial charge in [0.25, 0.3) is 5.91 Å². The number of likely N-dealkylation sites (N-methyl/N-ethyl adjacent to an activating group) is 1. The van der Waals surface area contributed by atoms with Gasteiger partial charge in [-0.1, -0.05) is 6.07 Å². The number of carbonyl (C=O) groups is 2. The van der Waals surface area contributed by atoms with Crippen LogP contribution in [0.15, 0.2) is 23.1 Å². The summed E-state index contributed by atoms with van der Waals surface area (Å²) in [5.74, 6) is -1.57. The number of benzene rings is 1. The minimum Gasteiger partial charge on any atom is -0.454 e. The normalized spacial score (nSPS) is 19.2. The minimum absolute atomic E-state index is 0.0152. The number of sulfone groups is 1. The van der Waals surface area contributed by atoms with Crippen molar-refractivity contribution in [2.24, 2.45) is 0 Å². The van der Waals surface area contributed by atoms with Crippen molar-refractivity contribution in [1.29, 1.82) is 0 Å². The molecule has 2 atom stereocenters. The predicted molar refractivity (Wildman–Crippen MR) is 113 cm³/mol. The maximum Gasteiger partial charge on any atom is 0.324 e. The Morgan fingerprint density at radius 2 is 2.10 bits per heavy atom. The lowest BCUT2D eigenvalue weighted by molar-refractivity contribution is -0.153. The fourth-order valence-corrected chi connectivity index (χ4v) is 7.03. The Kier molecular flexibility index (Phi) is 6.93. The molecule has 1 fully saturated rings. The molecule has 0 spiro atoms. The second kappa shape index (κ2) is 9.14. The van der Waals surface area contributed by atoms with E-state index in [1.807, 2.05) is 0 Å². The Balaban J connectivity index is 1.60. The second-order valence-corrected chi connectivity index (χ2v) is 11.5. The molecule has 1 aromatic carbocycles. The molecular weight excluding hydrogens is 468 g/mol. The van der Waals surface area contributed by atoms with Crippen molar-refractivity contribution in [3.63, 3.8) is 0 Å². The zero-order valence-electron chi connectivity index (χ0n) is 16.8. The van der Waals surface area contributed by atoms with E-state index in [1.165, 1.54) is 24.0 Å². The number of hydrogen-bond donors (Lipinski definition) is 1. The average Bonchev–Trinajstić information content (AvgIpc) is 3.32. The smallest absolute Gasteiger partial charge is 0.324 e. The van der Waals surface area contributed by atoms with Crippen molar-refractivity contribution >= 4 is 54.5 Å². The van der Waals surface area contributed by atoms with E-state index in [2.05, 4.69) is 13.5 Å². The first kappa shape index (κ1) is 23.5. The molecule has 0 saturated carbocycles. The summed E-state index contributed by atoms with van der Waals surface area (Å²) in [5.41, 5.74) is 0.614. The van der Waals surface area contributed by atoms with Gasteiger partial charge in [-0.15, -0.1) is 0 Å². The SMILES string of the molecule is CCN(C(=O)COC(=O)[C@H](C)NS(=O)(=O)c1cccc2nsnc12)C1CCS(=O)(=O)C1.